The largest absolute Gasteiger partial charge is 0.205 e. The van der Waals surface area contributed by atoms with Crippen molar-refractivity contribution in [2.75, 3.05) is 0 Å². The maximum atomic E-state index is 13.0. The van der Waals surface area contributed by atoms with E-state index in [2.05, 4.69) is 12.6 Å². The summed E-state index contributed by atoms with van der Waals surface area (Å²) in [5.74, 6) is -0.410. The Balaban J connectivity index is 3.40. The van der Waals surface area contributed by atoms with Crippen molar-refractivity contribution in [3.63, 3.8) is 0 Å². The summed E-state index contributed by atoms with van der Waals surface area (Å²) in [4.78, 5) is 0.279. The van der Waals surface area contributed by atoms with Crippen LogP contribution in [0.1, 0.15) is 11.1 Å². The molecule has 0 saturated heterocycles. The molecule has 0 aromatic heterocycles. The van der Waals surface area contributed by atoms with Crippen LogP contribution in [0.2, 0.25) is 0 Å². The Morgan fingerprint density at radius 3 is 2.73 bits per heavy atom. The van der Waals surface area contributed by atoms with Crippen LogP contribution >= 0.6 is 12.6 Å². The summed E-state index contributed by atoms with van der Waals surface area (Å²) in [5, 5.41) is 8.49. The average molecular weight is 167 g/mol. The van der Waals surface area contributed by atoms with Gasteiger partial charge in [-0.3, -0.25) is 0 Å². The fourth-order valence-electron chi connectivity index (χ4n) is 0.792. The molecule has 0 N–H and O–H groups in total. The minimum absolute atomic E-state index is 0.279. The van der Waals surface area contributed by atoms with E-state index in [1.807, 2.05) is 6.07 Å². The number of rotatable bonds is 0. The van der Waals surface area contributed by atoms with E-state index in [9.17, 15) is 4.39 Å². The molecule has 0 aliphatic heterocycles. The molecule has 3 heteroatoms. The zero-order valence-corrected chi connectivity index (χ0v) is 6.82. The third-order valence-corrected chi connectivity index (χ3v) is 1.83. The normalized spacial score (nSPS) is 9.27. The molecule has 0 unspecified atom stereocenters. The third-order valence-electron chi connectivity index (χ3n) is 1.49. The van der Waals surface area contributed by atoms with Crippen LogP contribution < -0.4 is 0 Å². The highest BCUT2D eigenvalue weighted by atomic mass is 32.1. The minimum atomic E-state index is -0.410. The Morgan fingerprint density at radius 1 is 1.55 bits per heavy atom. The van der Waals surface area contributed by atoms with Crippen molar-refractivity contribution in [2.24, 2.45) is 0 Å². The maximum absolute atomic E-state index is 13.0. The lowest BCUT2D eigenvalue weighted by Crippen LogP contribution is -1.88. The van der Waals surface area contributed by atoms with Gasteiger partial charge in [0, 0.05) is 10.5 Å². The number of halogens is 1. The molecule has 56 valence electrons. The third kappa shape index (κ3) is 1.36. The first-order chi connectivity index (χ1) is 5.16. The molecule has 0 bridgehead atoms. The monoisotopic (exact) mass is 167 g/mol. The van der Waals surface area contributed by atoms with Gasteiger partial charge in [-0.2, -0.15) is 5.26 Å². The van der Waals surface area contributed by atoms with Crippen molar-refractivity contribution in [2.45, 2.75) is 11.8 Å². The Labute approximate surface area is 69.9 Å². The minimum Gasteiger partial charge on any atom is -0.205 e. The molecule has 1 aromatic carbocycles. The van der Waals surface area contributed by atoms with Crippen molar-refractivity contribution in [3.05, 3.63) is 29.1 Å². The summed E-state index contributed by atoms with van der Waals surface area (Å²) < 4.78 is 13.0. The van der Waals surface area contributed by atoms with E-state index >= 15 is 0 Å². The highest BCUT2D eigenvalue weighted by Crippen LogP contribution is 2.18. The first-order valence-corrected chi connectivity index (χ1v) is 3.49. The molecule has 0 heterocycles. The number of hydrogen-bond acceptors (Lipinski definition) is 2. The molecule has 0 radical (unpaired) electrons. The van der Waals surface area contributed by atoms with Crippen molar-refractivity contribution in [1.82, 2.24) is 0 Å². The van der Waals surface area contributed by atoms with Gasteiger partial charge in [0.05, 0.1) is 11.6 Å². The summed E-state index contributed by atoms with van der Waals surface area (Å²) in [5.41, 5.74) is 0.723. The van der Waals surface area contributed by atoms with Gasteiger partial charge in [-0.15, -0.1) is 12.6 Å². The molecular formula is C8H6FNS. The summed E-state index contributed by atoms with van der Waals surface area (Å²) in [6.07, 6.45) is 0. The molecule has 1 aromatic rings. The number of nitrogens with zero attached hydrogens (tertiary/aromatic N) is 1. The Bertz CT molecular complexity index is 328. The van der Waals surface area contributed by atoms with Crippen molar-refractivity contribution in [3.8, 4) is 6.07 Å². The van der Waals surface area contributed by atoms with Gasteiger partial charge < -0.3 is 0 Å². The zero-order valence-electron chi connectivity index (χ0n) is 5.93. The van der Waals surface area contributed by atoms with E-state index in [0.29, 0.717) is 11.1 Å². The SMILES string of the molecule is Cc1c(C#N)ccc(S)c1F. The summed E-state index contributed by atoms with van der Waals surface area (Å²) in [6.45, 7) is 1.56. The van der Waals surface area contributed by atoms with Crippen LogP contribution in [-0.2, 0) is 0 Å². The molecule has 11 heavy (non-hydrogen) atoms. The van der Waals surface area contributed by atoms with Crippen molar-refractivity contribution in [1.29, 1.82) is 5.26 Å². The molecule has 0 amide bonds. The van der Waals surface area contributed by atoms with Gasteiger partial charge in [0.25, 0.3) is 0 Å². The fourth-order valence-corrected chi connectivity index (χ4v) is 1.03. The van der Waals surface area contributed by atoms with Crippen LogP contribution in [0.25, 0.3) is 0 Å². The highest BCUT2D eigenvalue weighted by Gasteiger charge is 2.05. The van der Waals surface area contributed by atoms with Crippen LogP contribution in [0.4, 0.5) is 4.39 Å². The Hall–Kier alpha value is -1.01. The van der Waals surface area contributed by atoms with Gasteiger partial charge in [-0.25, -0.2) is 4.39 Å². The van der Waals surface area contributed by atoms with E-state index < -0.39 is 5.82 Å². The zero-order chi connectivity index (χ0) is 8.43. The number of nitriles is 1. The summed E-state index contributed by atoms with van der Waals surface area (Å²) in [7, 11) is 0. The topological polar surface area (TPSA) is 23.8 Å². The van der Waals surface area contributed by atoms with E-state index in [0.717, 1.165) is 0 Å². The van der Waals surface area contributed by atoms with E-state index in [1.54, 1.807) is 13.0 Å². The lowest BCUT2D eigenvalue weighted by Gasteiger charge is -2.00. The molecule has 1 rings (SSSR count). The molecule has 0 saturated carbocycles. The average Bonchev–Trinajstić information content (AvgIpc) is 2.01. The smallest absolute Gasteiger partial charge is 0.140 e. The van der Waals surface area contributed by atoms with Gasteiger partial charge in [0.15, 0.2) is 0 Å². The molecule has 0 fully saturated rings. The second-order valence-corrected chi connectivity index (χ2v) is 2.66. The van der Waals surface area contributed by atoms with Gasteiger partial charge >= 0.3 is 0 Å². The highest BCUT2D eigenvalue weighted by molar-refractivity contribution is 7.80. The van der Waals surface area contributed by atoms with E-state index in [1.165, 1.54) is 6.07 Å². The van der Waals surface area contributed by atoms with Crippen molar-refractivity contribution < 1.29 is 4.39 Å². The van der Waals surface area contributed by atoms with Crippen LogP contribution in [0, 0.1) is 24.1 Å². The van der Waals surface area contributed by atoms with Gasteiger partial charge in [-0.05, 0) is 19.1 Å². The van der Waals surface area contributed by atoms with Gasteiger partial charge in [-0.1, -0.05) is 0 Å². The number of benzene rings is 1. The molecule has 0 spiro atoms. The quantitative estimate of drug-likeness (QED) is 0.589. The maximum Gasteiger partial charge on any atom is 0.140 e. The van der Waals surface area contributed by atoms with Crippen LogP contribution in [0.15, 0.2) is 17.0 Å². The predicted molar refractivity (Wildman–Crippen MR) is 43.1 cm³/mol. The van der Waals surface area contributed by atoms with Crippen LogP contribution in [0.5, 0.6) is 0 Å². The first kappa shape index (κ1) is 8.09. The second kappa shape index (κ2) is 2.93. The second-order valence-electron chi connectivity index (χ2n) is 2.18. The van der Waals surface area contributed by atoms with Crippen molar-refractivity contribution >= 4 is 12.6 Å². The van der Waals surface area contributed by atoms with E-state index in [4.69, 9.17) is 5.26 Å². The lowest BCUT2D eigenvalue weighted by molar-refractivity contribution is 0.592. The summed E-state index contributed by atoms with van der Waals surface area (Å²) in [6, 6.07) is 4.92. The van der Waals surface area contributed by atoms with Crippen LogP contribution in [0.3, 0.4) is 0 Å². The van der Waals surface area contributed by atoms with Crippen LogP contribution in [-0.4, -0.2) is 0 Å². The van der Waals surface area contributed by atoms with Gasteiger partial charge in [0.2, 0.25) is 0 Å². The fraction of sp³-hybridized carbons (Fsp3) is 0.125. The van der Waals surface area contributed by atoms with E-state index in [-0.39, 0.29) is 4.90 Å². The summed E-state index contributed by atoms with van der Waals surface area (Å²) >= 11 is 3.87. The first-order valence-electron chi connectivity index (χ1n) is 3.05. The molecule has 1 nitrogen and oxygen atoms in total. The van der Waals surface area contributed by atoms with Gasteiger partial charge in [0.1, 0.15) is 5.82 Å². The Kier molecular flexibility index (Phi) is 2.16. The predicted octanol–water partition coefficient (Wildman–Crippen LogP) is 2.29. The molecule has 0 aliphatic rings. The lowest BCUT2D eigenvalue weighted by atomic mass is 10.1. The number of hydrogen-bond donors (Lipinski definition) is 1. The standard InChI is InChI=1S/C8H6FNS/c1-5-6(4-10)2-3-7(11)8(5)9/h2-3,11H,1H3. The Morgan fingerprint density at radius 2 is 2.18 bits per heavy atom. The molecule has 0 aliphatic carbocycles. The molecule has 0 atom stereocenters. The molecular weight excluding hydrogens is 161 g/mol. The number of thiol groups is 1.